The highest BCUT2D eigenvalue weighted by molar-refractivity contribution is 5.80. The molecule has 2 unspecified atom stereocenters. The Morgan fingerprint density at radius 1 is 1.42 bits per heavy atom. The fourth-order valence-electron chi connectivity index (χ4n) is 1.73. The van der Waals surface area contributed by atoms with Crippen LogP contribution < -0.4 is 5.32 Å². The largest absolute Gasteiger partial charge is 0.392 e. The molecule has 0 aromatic heterocycles. The maximum Gasteiger partial charge on any atom is 0.392 e. The minimum atomic E-state index is -4.43. The van der Waals surface area contributed by atoms with Crippen LogP contribution in [0.3, 0.4) is 0 Å². The zero-order chi connectivity index (χ0) is 15.1. The minimum absolute atomic E-state index is 0.155. The van der Waals surface area contributed by atoms with Crippen molar-refractivity contribution in [2.24, 2.45) is 11.8 Å². The van der Waals surface area contributed by atoms with Crippen molar-refractivity contribution in [3.8, 4) is 0 Å². The molecular weight excluding hydrogens is 255 g/mol. The van der Waals surface area contributed by atoms with Gasteiger partial charge >= 0.3 is 6.18 Å². The topological polar surface area (TPSA) is 29.1 Å². The Balaban J connectivity index is 4.86. The lowest BCUT2D eigenvalue weighted by Crippen LogP contribution is -2.38. The van der Waals surface area contributed by atoms with Crippen LogP contribution in [-0.2, 0) is 4.79 Å². The van der Waals surface area contributed by atoms with Crippen LogP contribution in [0.15, 0.2) is 37.0 Å². The highest BCUT2D eigenvalue weighted by atomic mass is 19.4. The summed E-state index contributed by atoms with van der Waals surface area (Å²) in [6, 6.07) is 0. The van der Waals surface area contributed by atoms with E-state index in [2.05, 4.69) is 18.5 Å². The van der Waals surface area contributed by atoms with E-state index >= 15 is 0 Å². The summed E-state index contributed by atoms with van der Waals surface area (Å²) in [6.07, 6.45) is -0.00103. The number of carbonyl (C=O) groups excluding carboxylic acids is 1. The second kappa shape index (κ2) is 7.81. The van der Waals surface area contributed by atoms with Crippen LogP contribution in [0.5, 0.6) is 0 Å². The zero-order valence-electron chi connectivity index (χ0n) is 11.3. The van der Waals surface area contributed by atoms with Gasteiger partial charge in [0.25, 0.3) is 0 Å². The molecule has 0 aliphatic carbocycles. The zero-order valence-corrected chi connectivity index (χ0v) is 11.3. The normalized spacial score (nSPS) is 15.0. The summed E-state index contributed by atoms with van der Waals surface area (Å²) in [7, 11) is 1.31. The van der Waals surface area contributed by atoms with Crippen LogP contribution >= 0.6 is 0 Å². The molecule has 0 aromatic carbocycles. The maximum atomic E-state index is 13.0. The van der Waals surface area contributed by atoms with Crippen molar-refractivity contribution in [1.29, 1.82) is 0 Å². The lowest BCUT2D eigenvalue weighted by atomic mass is 9.87. The standard InChI is InChI=1S/C14H20F3NO/c1-5-11(13(19)18-4)12(14(15,16)17)9-7-6-8-10(2)3/h5-6,8,11-12H,1-2,7,9H2,3-4H3,(H,18,19)/b8-6-. The molecular formula is C14H20F3NO. The van der Waals surface area contributed by atoms with Gasteiger partial charge in [-0.1, -0.05) is 30.4 Å². The number of amides is 1. The smallest absolute Gasteiger partial charge is 0.359 e. The third-order valence-corrected chi connectivity index (χ3v) is 2.70. The van der Waals surface area contributed by atoms with E-state index < -0.39 is 23.9 Å². The van der Waals surface area contributed by atoms with Crippen molar-refractivity contribution < 1.29 is 18.0 Å². The molecule has 108 valence electrons. The Bertz CT molecular complexity index is 358. The molecule has 0 spiro atoms. The van der Waals surface area contributed by atoms with Crippen molar-refractivity contribution in [3.05, 3.63) is 37.0 Å². The summed E-state index contributed by atoms with van der Waals surface area (Å²) in [5, 5.41) is 2.23. The SMILES string of the molecule is C=CC(C(=O)NC)C(CC/C=C\C(=C)C)C(F)(F)F. The Kier molecular flexibility index (Phi) is 7.19. The molecule has 0 heterocycles. The van der Waals surface area contributed by atoms with Crippen LogP contribution in [0.2, 0.25) is 0 Å². The maximum absolute atomic E-state index is 13.0. The summed E-state index contributed by atoms with van der Waals surface area (Å²) in [4.78, 5) is 11.5. The minimum Gasteiger partial charge on any atom is -0.359 e. The molecule has 0 saturated heterocycles. The van der Waals surface area contributed by atoms with Crippen molar-refractivity contribution >= 4 is 5.91 Å². The molecule has 5 heteroatoms. The van der Waals surface area contributed by atoms with Gasteiger partial charge < -0.3 is 5.32 Å². The second-order valence-corrected chi connectivity index (χ2v) is 4.35. The Labute approximate surface area is 112 Å². The van der Waals surface area contributed by atoms with Gasteiger partial charge in [0.15, 0.2) is 0 Å². The van der Waals surface area contributed by atoms with E-state index in [-0.39, 0.29) is 12.8 Å². The van der Waals surface area contributed by atoms with Crippen LogP contribution in [0.25, 0.3) is 0 Å². The quantitative estimate of drug-likeness (QED) is 0.558. The highest BCUT2D eigenvalue weighted by Gasteiger charge is 2.45. The molecule has 0 saturated carbocycles. The summed E-state index contributed by atoms with van der Waals surface area (Å²) >= 11 is 0. The van der Waals surface area contributed by atoms with E-state index in [0.29, 0.717) is 0 Å². The van der Waals surface area contributed by atoms with E-state index in [1.807, 2.05) is 0 Å². The van der Waals surface area contributed by atoms with Crippen molar-refractivity contribution in [2.75, 3.05) is 7.05 Å². The third-order valence-electron chi connectivity index (χ3n) is 2.70. The van der Waals surface area contributed by atoms with Gasteiger partial charge in [-0.3, -0.25) is 4.79 Å². The number of halogens is 3. The molecule has 2 atom stereocenters. The van der Waals surface area contributed by atoms with Gasteiger partial charge in [-0.2, -0.15) is 13.2 Å². The number of alkyl halides is 3. The summed E-state index contributed by atoms with van der Waals surface area (Å²) in [5.41, 5.74) is 0.773. The first-order chi connectivity index (χ1) is 8.73. The van der Waals surface area contributed by atoms with Gasteiger partial charge in [0.2, 0.25) is 5.91 Å². The van der Waals surface area contributed by atoms with E-state index in [9.17, 15) is 18.0 Å². The molecule has 1 amide bonds. The first kappa shape index (κ1) is 17.5. The van der Waals surface area contributed by atoms with Crippen LogP contribution in [0.4, 0.5) is 13.2 Å². The van der Waals surface area contributed by atoms with Gasteiger partial charge in [-0.15, -0.1) is 6.58 Å². The first-order valence-electron chi connectivity index (χ1n) is 5.97. The summed E-state index contributed by atoms with van der Waals surface area (Å²) < 4.78 is 38.9. The molecule has 0 rings (SSSR count). The highest BCUT2D eigenvalue weighted by Crippen LogP contribution is 2.36. The van der Waals surface area contributed by atoms with Crippen molar-refractivity contribution in [1.82, 2.24) is 5.32 Å². The van der Waals surface area contributed by atoms with Gasteiger partial charge in [-0.05, 0) is 19.8 Å². The first-order valence-corrected chi connectivity index (χ1v) is 5.97. The molecule has 0 aliphatic rings. The van der Waals surface area contributed by atoms with Crippen molar-refractivity contribution in [3.63, 3.8) is 0 Å². The number of carbonyl (C=O) groups is 1. The molecule has 0 aromatic rings. The Hall–Kier alpha value is -1.52. The predicted molar refractivity (Wildman–Crippen MR) is 70.5 cm³/mol. The Morgan fingerprint density at radius 3 is 2.37 bits per heavy atom. The monoisotopic (exact) mass is 275 g/mol. The fraction of sp³-hybridized carbons (Fsp3) is 0.500. The number of hydrogen-bond donors (Lipinski definition) is 1. The lowest BCUT2D eigenvalue weighted by Gasteiger charge is -2.25. The molecule has 0 bridgehead atoms. The lowest BCUT2D eigenvalue weighted by molar-refractivity contribution is -0.188. The van der Waals surface area contributed by atoms with E-state index in [1.54, 1.807) is 19.1 Å². The van der Waals surface area contributed by atoms with Crippen LogP contribution in [0, 0.1) is 11.8 Å². The fourth-order valence-corrected chi connectivity index (χ4v) is 1.73. The predicted octanol–water partition coefficient (Wildman–Crippen LogP) is 3.63. The van der Waals surface area contributed by atoms with E-state index in [0.717, 1.165) is 11.6 Å². The van der Waals surface area contributed by atoms with Gasteiger partial charge in [0.05, 0.1) is 11.8 Å². The summed E-state index contributed by atoms with van der Waals surface area (Å²) in [6.45, 7) is 8.71. The average Bonchev–Trinajstić information content (AvgIpc) is 2.30. The van der Waals surface area contributed by atoms with E-state index in [1.165, 1.54) is 7.05 Å². The Morgan fingerprint density at radius 2 is 2.00 bits per heavy atom. The van der Waals surface area contributed by atoms with Crippen molar-refractivity contribution in [2.45, 2.75) is 25.9 Å². The summed E-state index contributed by atoms with van der Waals surface area (Å²) in [5.74, 6) is -3.65. The number of allylic oxidation sites excluding steroid dienone is 3. The second-order valence-electron chi connectivity index (χ2n) is 4.35. The average molecular weight is 275 g/mol. The molecule has 1 N–H and O–H groups in total. The van der Waals surface area contributed by atoms with E-state index in [4.69, 9.17) is 0 Å². The van der Waals surface area contributed by atoms with Gasteiger partial charge in [0, 0.05) is 7.05 Å². The molecule has 19 heavy (non-hydrogen) atoms. The molecule has 0 aliphatic heterocycles. The van der Waals surface area contributed by atoms with Crippen LogP contribution in [0.1, 0.15) is 19.8 Å². The molecule has 0 fully saturated rings. The molecule has 0 radical (unpaired) electrons. The third kappa shape index (κ3) is 6.27. The number of hydrogen-bond acceptors (Lipinski definition) is 1. The number of nitrogens with one attached hydrogen (secondary N) is 1. The van der Waals surface area contributed by atoms with Crippen LogP contribution in [-0.4, -0.2) is 19.1 Å². The van der Waals surface area contributed by atoms with Gasteiger partial charge in [-0.25, -0.2) is 0 Å². The number of rotatable bonds is 7. The molecule has 2 nitrogen and oxygen atoms in total. The van der Waals surface area contributed by atoms with Gasteiger partial charge in [0.1, 0.15) is 0 Å².